The van der Waals surface area contributed by atoms with E-state index in [1.807, 2.05) is 54.6 Å². The molecule has 3 aromatic carbocycles. The third-order valence-electron chi connectivity index (χ3n) is 3.79. The third kappa shape index (κ3) is 2.67. The Hall–Kier alpha value is -2.05. The van der Waals surface area contributed by atoms with E-state index in [4.69, 9.17) is 12.3 Å². The van der Waals surface area contributed by atoms with Gasteiger partial charge in [-0.1, -0.05) is 42.5 Å². The van der Waals surface area contributed by atoms with Crippen molar-refractivity contribution in [2.24, 2.45) is 0 Å². The van der Waals surface area contributed by atoms with Gasteiger partial charge in [-0.3, -0.25) is 7.57 Å². The average Bonchev–Trinajstić information content (AvgIpc) is 2.62. The molecule has 0 aliphatic heterocycles. The molecular weight excluding hydrogens is 286 g/mol. The van der Waals surface area contributed by atoms with E-state index < -0.39 is 7.14 Å². The lowest BCUT2D eigenvalue weighted by Gasteiger charge is -2.36. The third-order valence-corrected chi connectivity index (χ3v) is 7.11. The summed E-state index contributed by atoms with van der Waals surface area (Å²) in [6, 6.07) is 28.7. The van der Waals surface area contributed by atoms with Crippen LogP contribution in [0.2, 0.25) is 0 Å². The maximum Gasteiger partial charge on any atom is 0.122 e. The molecule has 0 bridgehead atoms. The SMILES string of the molecule is [B-][P+](c1ccccc1)(c1ccccc1)c1cccc(OC)c1. The summed E-state index contributed by atoms with van der Waals surface area (Å²) in [6.07, 6.45) is 0. The molecule has 3 radical (unpaired) electrons. The van der Waals surface area contributed by atoms with Crippen LogP contribution < -0.4 is 20.7 Å². The Morgan fingerprint density at radius 2 is 1.18 bits per heavy atom. The molecule has 107 valence electrons. The first-order chi connectivity index (χ1) is 10.7. The van der Waals surface area contributed by atoms with Crippen LogP contribution in [0.25, 0.3) is 0 Å². The molecule has 3 rings (SSSR count). The monoisotopic (exact) mass is 303 g/mol. The summed E-state index contributed by atoms with van der Waals surface area (Å²) in [4.78, 5) is 0. The first-order valence-corrected chi connectivity index (χ1v) is 9.04. The highest BCUT2D eigenvalue weighted by atomic mass is 31.2. The summed E-state index contributed by atoms with van der Waals surface area (Å²) in [5, 5.41) is 3.44. The first kappa shape index (κ1) is 14.9. The van der Waals surface area contributed by atoms with Crippen LogP contribution in [-0.4, -0.2) is 14.7 Å². The molecule has 0 unspecified atom stereocenters. The van der Waals surface area contributed by atoms with Crippen LogP contribution >= 0.6 is 7.14 Å². The van der Waals surface area contributed by atoms with Crippen LogP contribution in [0.4, 0.5) is 0 Å². The van der Waals surface area contributed by atoms with Crippen LogP contribution in [0.3, 0.4) is 0 Å². The second kappa shape index (κ2) is 6.38. The fourth-order valence-electron chi connectivity index (χ4n) is 2.60. The van der Waals surface area contributed by atoms with Gasteiger partial charge in [0.15, 0.2) is 0 Å². The van der Waals surface area contributed by atoms with E-state index in [-0.39, 0.29) is 0 Å². The minimum atomic E-state index is -2.15. The van der Waals surface area contributed by atoms with E-state index in [0.717, 1.165) is 21.7 Å². The average molecular weight is 303 g/mol. The molecule has 0 fully saturated rings. The van der Waals surface area contributed by atoms with E-state index in [0.29, 0.717) is 0 Å². The Bertz CT molecular complexity index is 704. The van der Waals surface area contributed by atoms with Gasteiger partial charge < -0.3 is 4.74 Å². The van der Waals surface area contributed by atoms with Crippen molar-refractivity contribution in [2.45, 2.75) is 0 Å². The molecule has 0 aromatic heterocycles. The highest BCUT2D eigenvalue weighted by Gasteiger charge is 2.27. The van der Waals surface area contributed by atoms with Crippen molar-refractivity contribution in [3.63, 3.8) is 0 Å². The Kier molecular flexibility index (Phi) is 4.31. The second-order valence-corrected chi connectivity index (χ2v) is 8.09. The summed E-state index contributed by atoms with van der Waals surface area (Å²) in [5.74, 6) is 0.833. The van der Waals surface area contributed by atoms with Crippen molar-refractivity contribution in [1.29, 1.82) is 0 Å². The van der Waals surface area contributed by atoms with Crippen LogP contribution in [-0.2, 0) is 0 Å². The second-order valence-electron chi connectivity index (χ2n) is 5.10. The summed E-state index contributed by atoms with van der Waals surface area (Å²) >= 11 is 0. The molecule has 0 spiro atoms. The van der Waals surface area contributed by atoms with Gasteiger partial charge in [0.25, 0.3) is 0 Å². The Balaban J connectivity index is 2.23. The zero-order valence-electron chi connectivity index (χ0n) is 12.5. The fraction of sp³-hybridized carbons (Fsp3) is 0.0526. The lowest BCUT2D eigenvalue weighted by Crippen LogP contribution is -2.31. The predicted molar refractivity (Wildman–Crippen MR) is 97.5 cm³/mol. The Morgan fingerprint density at radius 3 is 1.68 bits per heavy atom. The molecule has 0 saturated heterocycles. The summed E-state index contributed by atoms with van der Waals surface area (Å²) in [7, 11) is 6.58. The molecule has 0 aliphatic carbocycles. The molecule has 0 saturated carbocycles. The predicted octanol–water partition coefficient (Wildman–Crippen LogP) is 3.07. The van der Waals surface area contributed by atoms with Crippen molar-refractivity contribution in [3.05, 3.63) is 84.9 Å². The molecule has 3 heteroatoms. The summed E-state index contributed by atoms with van der Waals surface area (Å²) in [5.41, 5.74) is 0. The van der Waals surface area contributed by atoms with Gasteiger partial charge in [0.05, 0.1) is 23.0 Å². The molecule has 0 aliphatic rings. The van der Waals surface area contributed by atoms with E-state index in [2.05, 4.69) is 30.3 Å². The number of hydrogen-bond donors (Lipinski definition) is 0. The van der Waals surface area contributed by atoms with Gasteiger partial charge in [0.1, 0.15) is 5.75 Å². The van der Waals surface area contributed by atoms with Gasteiger partial charge in [0, 0.05) is 6.07 Å². The quantitative estimate of drug-likeness (QED) is 0.532. The Morgan fingerprint density at radius 1 is 0.682 bits per heavy atom. The normalized spacial score (nSPS) is 11.2. The molecule has 22 heavy (non-hydrogen) atoms. The molecule has 0 N–H and O–H groups in total. The summed E-state index contributed by atoms with van der Waals surface area (Å²) in [6.45, 7) is 0. The lowest BCUT2D eigenvalue weighted by molar-refractivity contribution is 0.415. The Labute approximate surface area is 133 Å². The molecular formula is C19H17BOP. The minimum Gasteiger partial charge on any atom is -0.497 e. The summed E-state index contributed by atoms with van der Waals surface area (Å²) < 4.78 is 5.38. The zero-order valence-corrected chi connectivity index (χ0v) is 13.4. The molecule has 0 heterocycles. The van der Waals surface area contributed by atoms with Crippen molar-refractivity contribution in [1.82, 2.24) is 0 Å². The number of ether oxygens (including phenoxy) is 1. The smallest absolute Gasteiger partial charge is 0.122 e. The van der Waals surface area contributed by atoms with Crippen LogP contribution in [0.1, 0.15) is 0 Å². The van der Waals surface area contributed by atoms with Gasteiger partial charge >= 0.3 is 0 Å². The molecule has 1 nitrogen and oxygen atoms in total. The van der Waals surface area contributed by atoms with E-state index >= 15 is 0 Å². The van der Waals surface area contributed by atoms with Crippen molar-refractivity contribution < 1.29 is 4.74 Å². The van der Waals surface area contributed by atoms with Crippen molar-refractivity contribution >= 4 is 30.6 Å². The highest BCUT2D eigenvalue weighted by Crippen LogP contribution is 2.50. The molecule has 3 aromatic rings. The minimum absolute atomic E-state index is 0.833. The maximum absolute atomic E-state index is 7.04. The number of benzene rings is 3. The van der Waals surface area contributed by atoms with Gasteiger partial charge in [-0.15, -0.1) is 0 Å². The van der Waals surface area contributed by atoms with Crippen LogP contribution in [0.15, 0.2) is 84.9 Å². The van der Waals surface area contributed by atoms with Gasteiger partial charge in [-0.05, 0) is 36.4 Å². The van der Waals surface area contributed by atoms with Crippen LogP contribution in [0.5, 0.6) is 5.75 Å². The lowest BCUT2D eigenvalue weighted by atomic mass is 10.3. The standard InChI is InChI=1S/C19H17BOP/c1-21-16-9-8-14-19(15-16)22(20,17-10-4-2-5-11-17)18-12-6-3-7-13-18/h2-15H,1H3. The van der Waals surface area contributed by atoms with Crippen LogP contribution in [0, 0.1) is 0 Å². The van der Waals surface area contributed by atoms with Gasteiger partial charge in [-0.25, -0.2) is 0 Å². The number of methoxy groups -OCH3 is 1. The van der Waals surface area contributed by atoms with Gasteiger partial charge in [-0.2, -0.15) is 7.14 Å². The molecule has 0 atom stereocenters. The number of rotatable bonds is 4. The van der Waals surface area contributed by atoms with Crippen molar-refractivity contribution in [3.8, 4) is 5.75 Å². The highest BCUT2D eigenvalue weighted by molar-refractivity contribution is 8.13. The van der Waals surface area contributed by atoms with Gasteiger partial charge in [0.2, 0.25) is 0 Å². The number of hydrogen-bond acceptors (Lipinski definition) is 1. The zero-order chi connectivity index (χ0) is 15.4. The fourth-order valence-corrected chi connectivity index (χ4v) is 5.43. The van der Waals surface area contributed by atoms with Crippen molar-refractivity contribution in [2.75, 3.05) is 7.11 Å². The topological polar surface area (TPSA) is 9.23 Å². The van der Waals surface area contributed by atoms with E-state index in [9.17, 15) is 0 Å². The molecule has 0 amide bonds. The first-order valence-electron chi connectivity index (χ1n) is 7.18. The largest absolute Gasteiger partial charge is 0.497 e. The maximum atomic E-state index is 7.04. The van der Waals surface area contributed by atoms with E-state index in [1.165, 1.54) is 0 Å². The van der Waals surface area contributed by atoms with E-state index in [1.54, 1.807) is 7.11 Å².